The lowest BCUT2D eigenvalue weighted by atomic mass is 10.2. The first-order valence-electron chi connectivity index (χ1n) is 5.78. The zero-order valence-electron chi connectivity index (χ0n) is 10.3. The topological polar surface area (TPSA) is 73.9 Å². The molecule has 0 aromatic heterocycles. The first-order chi connectivity index (χ1) is 7.99. The number of rotatable bonds is 7. The molecule has 0 aromatic rings. The largest absolute Gasteiger partial charge is 0.378 e. The predicted molar refractivity (Wildman–Crippen MR) is 63.2 cm³/mol. The first-order valence-corrected chi connectivity index (χ1v) is 7.43. The van der Waals surface area contributed by atoms with Gasteiger partial charge >= 0.3 is 0 Å². The third kappa shape index (κ3) is 6.95. The molecular weight excluding hydrogens is 246 g/mol. The molecule has 1 fully saturated rings. The monoisotopic (exact) mass is 267 g/mol. The number of sulfonamides is 1. The summed E-state index contributed by atoms with van der Waals surface area (Å²) in [4.78, 5) is 0. The molecule has 1 aliphatic heterocycles. The lowest BCUT2D eigenvalue weighted by Gasteiger charge is -2.22. The van der Waals surface area contributed by atoms with Crippen LogP contribution in [0.15, 0.2) is 0 Å². The van der Waals surface area contributed by atoms with Crippen LogP contribution in [0.1, 0.15) is 20.3 Å². The fraction of sp³-hybridized carbons (Fsp3) is 1.00. The van der Waals surface area contributed by atoms with Gasteiger partial charge in [0.2, 0.25) is 10.0 Å². The third-order valence-electron chi connectivity index (χ3n) is 2.31. The van der Waals surface area contributed by atoms with Gasteiger partial charge in [-0.2, -0.15) is 0 Å². The summed E-state index contributed by atoms with van der Waals surface area (Å²) in [6.45, 7) is 5.10. The highest BCUT2D eigenvalue weighted by Gasteiger charge is 2.17. The van der Waals surface area contributed by atoms with Crippen LogP contribution in [-0.2, 0) is 24.2 Å². The van der Waals surface area contributed by atoms with Crippen molar-refractivity contribution in [3.63, 3.8) is 0 Å². The molecule has 0 saturated carbocycles. The molecule has 17 heavy (non-hydrogen) atoms. The summed E-state index contributed by atoms with van der Waals surface area (Å²) < 4.78 is 41.1. The molecule has 1 atom stereocenters. The van der Waals surface area contributed by atoms with Crippen molar-refractivity contribution in [1.82, 2.24) is 4.72 Å². The normalized spacial score (nSPS) is 21.9. The van der Waals surface area contributed by atoms with Crippen LogP contribution >= 0.6 is 0 Å². The molecule has 6 nitrogen and oxygen atoms in total. The Bertz CT molecular complexity index is 298. The lowest BCUT2D eigenvalue weighted by Crippen LogP contribution is -2.38. The Labute approximate surface area is 103 Å². The van der Waals surface area contributed by atoms with Crippen molar-refractivity contribution in [2.75, 3.05) is 32.3 Å². The second kappa shape index (κ2) is 7.27. The first kappa shape index (κ1) is 14.8. The van der Waals surface area contributed by atoms with Crippen molar-refractivity contribution in [2.45, 2.75) is 32.5 Å². The van der Waals surface area contributed by atoms with Gasteiger partial charge in [-0.1, -0.05) is 0 Å². The minimum atomic E-state index is -3.27. The quantitative estimate of drug-likeness (QED) is 0.708. The number of hydrogen-bond donors (Lipinski definition) is 1. The van der Waals surface area contributed by atoms with Crippen molar-refractivity contribution in [3.8, 4) is 0 Å². The Morgan fingerprint density at radius 1 is 1.47 bits per heavy atom. The summed E-state index contributed by atoms with van der Waals surface area (Å²) in [5.74, 6) is -0.0194. The highest BCUT2D eigenvalue weighted by atomic mass is 32.2. The SMILES string of the molecule is CC(C)OCCS(=O)(=O)NC[C@H]1CCOCO1. The molecule has 0 bridgehead atoms. The zero-order valence-corrected chi connectivity index (χ0v) is 11.2. The molecule has 7 heteroatoms. The van der Waals surface area contributed by atoms with E-state index < -0.39 is 10.0 Å². The van der Waals surface area contributed by atoms with E-state index in [1.54, 1.807) is 0 Å². The predicted octanol–water partition coefficient (Wildman–Crippen LogP) is 0.0938. The zero-order chi connectivity index (χ0) is 12.7. The molecule has 1 saturated heterocycles. The van der Waals surface area contributed by atoms with Crippen LogP contribution in [0.5, 0.6) is 0 Å². The van der Waals surface area contributed by atoms with E-state index in [-0.39, 0.29) is 31.4 Å². The fourth-order valence-corrected chi connectivity index (χ4v) is 2.25. The number of ether oxygens (including phenoxy) is 3. The highest BCUT2D eigenvalue weighted by molar-refractivity contribution is 7.89. The van der Waals surface area contributed by atoms with Gasteiger partial charge in [-0.3, -0.25) is 0 Å². The average Bonchev–Trinajstić information content (AvgIpc) is 2.27. The van der Waals surface area contributed by atoms with Gasteiger partial charge in [0, 0.05) is 6.54 Å². The van der Waals surface area contributed by atoms with Gasteiger partial charge < -0.3 is 14.2 Å². The van der Waals surface area contributed by atoms with Crippen LogP contribution in [0.3, 0.4) is 0 Å². The Balaban J connectivity index is 2.19. The minimum absolute atomic E-state index is 0.0194. The molecule has 0 aromatic carbocycles. The van der Waals surface area contributed by atoms with Gasteiger partial charge in [0.05, 0.1) is 31.2 Å². The van der Waals surface area contributed by atoms with E-state index in [0.29, 0.717) is 19.6 Å². The summed E-state index contributed by atoms with van der Waals surface area (Å²) >= 11 is 0. The van der Waals surface area contributed by atoms with Gasteiger partial charge in [-0.05, 0) is 20.3 Å². The van der Waals surface area contributed by atoms with E-state index in [0.717, 1.165) is 0 Å². The van der Waals surface area contributed by atoms with Crippen LogP contribution in [0, 0.1) is 0 Å². The van der Waals surface area contributed by atoms with E-state index >= 15 is 0 Å². The molecule has 1 rings (SSSR count). The highest BCUT2D eigenvalue weighted by Crippen LogP contribution is 2.05. The lowest BCUT2D eigenvalue weighted by molar-refractivity contribution is -0.136. The van der Waals surface area contributed by atoms with E-state index in [4.69, 9.17) is 14.2 Å². The Morgan fingerprint density at radius 2 is 2.24 bits per heavy atom. The molecule has 0 spiro atoms. The molecule has 1 aliphatic rings. The summed E-state index contributed by atoms with van der Waals surface area (Å²) in [6.07, 6.45) is 0.666. The number of hydrogen-bond acceptors (Lipinski definition) is 5. The molecule has 0 radical (unpaired) electrons. The maximum absolute atomic E-state index is 11.6. The van der Waals surface area contributed by atoms with Crippen LogP contribution in [0.2, 0.25) is 0 Å². The molecule has 1 heterocycles. The maximum atomic E-state index is 11.6. The van der Waals surface area contributed by atoms with Gasteiger partial charge in [0.1, 0.15) is 6.79 Å². The minimum Gasteiger partial charge on any atom is -0.378 e. The van der Waals surface area contributed by atoms with Gasteiger partial charge in [-0.15, -0.1) is 0 Å². The van der Waals surface area contributed by atoms with Crippen LogP contribution < -0.4 is 4.72 Å². The van der Waals surface area contributed by atoms with E-state index in [1.165, 1.54) is 0 Å². The fourth-order valence-electron chi connectivity index (χ4n) is 1.35. The van der Waals surface area contributed by atoms with Gasteiger partial charge in [0.15, 0.2) is 0 Å². The molecule has 102 valence electrons. The second-order valence-electron chi connectivity index (χ2n) is 4.19. The van der Waals surface area contributed by atoms with E-state index in [9.17, 15) is 8.42 Å². The summed E-state index contributed by atoms with van der Waals surface area (Å²) in [6, 6.07) is 0. The Morgan fingerprint density at radius 3 is 2.82 bits per heavy atom. The molecular formula is C10H21NO5S. The van der Waals surface area contributed by atoms with Crippen molar-refractivity contribution in [2.24, 2.45) is 0 Å². The third-order valence-corrected chi connectivity index (χ3v) is 3.62. The number of nitrogens with one attached hydrogen (secondary N) is 1. The summed E-state index contributed by atoms with van der Waals surface area (Å²) in [5, 5.41) is 0. The molecule has 1 N–H and O–H groups in total. The smallest absolute Gasteiger partial charge is 0.213 e. The van der Waals surface area contributed by atoms with Crippen molar-refractivity contribution < 1.29 is 22.6 Å². The van der Waals surface area contributed by atoms with Crippen molar-refractivity contribution in [3.05, 3.63) is 0 Å². The average molecular weight is 267 g/mol. The maximum Gasteiger partial charge on any atom is 0.213 e. The van der Waals surface area contributed by atoms with Crippen molar-refractivity contribution in [1.29, 1.82) is 0 Å². The molecule has 0 amide bonds. The van der Waals surface area contributed by atoms with E-state index in [1.807, 2.05) is 13.8 Å². The molecule has 0 unspecified atom stereocenters. The standard InChI is InChI=1S/C10H21NO5S/c1-9(2)15-5-6-17(12,13)11-7-10-3-4-14-8-16-10/h9-11H,3-8H2,1-2H3/t10-/m1/s1. The van der Waals surface area contributed by atoms with Crippen LogP contribution in [0.4, 0.5) is 0 Å². The summed E-state index contributed by atoms with van der Waals surface area (Å²) in [5.41, 5.74) is 0. The van der Waals surface area contributed by atoms with E-state index in [2.05, 4.69) is 4.72 Å². The van der Waals surface area contributed by atoms with Crippen LogP contribution in [0.25, 0.3) is 0 Å². The van der Waals surface area contributed by atoms with Gasteiger partial charge in [-0.25, -0.2) is 13.1 Å². The van der Waals surface area contributed by atoms with Gasteiger partial charge in [0.25, 0.3) is 0 Å². The Hall–Kier alpha value is -0.210. The van der Waals surface area contributed by atoms with Crippen LogP contribution in [-0.4, -0.2) is 52.9 Å². The second-order valence-corrected chi connectivity index (χ2v) is 6.12. The van der Waals surface area contributed by atoms with Crippen molar-refractivity contribution >= 4 is 10.0 Å². The Kier molecular flexibility index (Phi) is 6.35. The summed E-state index contributed by atoms with van der Waals surface area (Å²) in [7, 11) is -3.27. The molecule has 0 aliphatic carbocycles.